The van der Waals surface area contributed by atoms with E-state index < -0.39 is 0 Å². The second kappa shape index (κ2) is 35.5. The van der Waals surface area contributed by atoms with Crippen LogP contribution in [0, 0.1) is 10.8 Å². The normalized spacial score (nSPS) is 12.6. The Bertz CT molecular complexity index is 865. The minimum absolute atomic E-state index is 0.0571. The Labute approximate surface area is 338 Å². The molecule has 0 aliphatic heterocycles. The second-order valence-corrected chi connectivity index (χ2v) is 20.0. The molecule has 0 aliphatic carbocycles. The van der Waals surface area contributed by atoms with Crippen LogP contribution in [0.25, 0.3) is 0 Å². The van der Waals surface area contributed by atoms with E-state index in [1.165, 1.54) is 115 Å². The summed E-state index contributed by atoms with van der Waals surface area (Å²) in [4.78, 5) is 26.5. The molecule has 0 saturated heterocycles. The van der Waals surface area contributed by atoms with Crippen molar-refractivity contribution in [3.8, 4) is 0 Å². The number of carbonyl (C=O) groups is 2. The van der Waals surface area contributed by atoms with Gasteiger partial charge in [-0.15, -0.1) is 0 Å². The zero-order chi connectivity index (χ0) is 39.5. The van der Waals surface area contributed by atoms with Crippen LogP contribution in [-0.4, -0.2) is 61.7 Å². The van der Waals surface area contributed by atoms with Gasteiger partial charge >= 0.3 is 11.9 Å². The molecule has 0 bridgehead atoms. The van der Waals surface area contributed by atoms with E-state index in [-0.39, 0.29) is 11.9 Å². The molecule has 0 unspecified atom stereocenters. The Balaban J connectivity index is 4.43. The lowest BCUT2D eigenvalue weighted by Crippen LogP contribution is -2.33. The van der Waals surface area contributed by atoms with Crippen LogP contribution in [0.3, 0.4) is 0 Å². The molecule has 0 aliphatic rings. The molecule has 0 aromatic carbocycles. The average Bonchev–Trinajstić information content (AvgIpc) is 3.08. The smallest absolute Gasteiger partial charge is 0.306 e. The summed E-state index contributed by atoms with van der Waals surface area (Å²) in [5, 5.41) is 0.690. The monoisotopic (exact) mass is 782 g/mol. The highest BCUT2D eigenvalue weighted by molar-refractivity contribution is 8.76. The fourth-order valence-electron chi connectivity index (χ4n) is 7.31. The molecule has 0 spiro atoms. The van der Waals surface area contributed by atoms with Crippen molar-refractivity contribution in [2.45, 2.75) is 207 Å². The molecule has 0 rings (SSSR count). The summed E-state index contributed by atoms with van der Waals surface area (Å²) in [6, 6.07) is 0. The van der Waals surface area contributed by atoms with E-state index in [1.54, 1.807) is 0 Å². The third kappa shape index (κ3) is 37.8. The maximum Gasteiger partial charge on any atom is 0.306 e. The molecular formula is C46H87NO4S2. The van der Waals surface area contributed by atoms with Crippen LogP contribution in [0.1, 0.15) is 202 Å². The quantitative estimate of drug-likeness (QED) is 0.0268. The number of ether oxygens (including phenoxy) is 2. The number of rotatable bonds is 38. The number of nitrogens with zero attached hydrogens (tertiary/aromatic N) is 1. The maximum absolute atomic E-state index is 12.1. The number of unbranched alkanes of at least 4 members (excludes halogenated alkanes) is 16. The third-order valence-corrected chi connectivity index (χ3v) is 13.0. The van der Waals surface area contributed by atoms with Crippen molar-refractivity contribution < 1.29 is 19.1 Å². The van der Waals surface area contributed by atoms with Gasteiger partial charge in [-0.1, -0.05) is 177 Å². The van der Waals surface area contributed by atoms with E-state index in [2.05, 4.69) is 94.3 Å². The van der Waals surface area contributed by atoms with E-state index in [9.17, 15) is 9.59 Å². The molecule has 53 heavy (non-hydrogen) atoms. The topological polar surface area (TPSA) is 55.8 Å². The van der Waals surface area contributed by atoms with Gasteiger partial charge in [0, 0.05) is 30.4 Å². The Morgan fingerprint density at radius 1 is 0.585 bits per heavy atom. The molecule has 0 aromatic rings. The second-order valence-electron chi connectivity index (χ2n) is 17.3. The van der Waals surface area contributed by atoms with E-state index in [0.717, 1.165) is 45.1 Å². The summed E-state index contributed by atoms with van der Waals surface area (Å²) in [6.07, 6.45) is 37.0. The molecule has 0 fully saturated rings. The zero-order valence-corrected chi connectivity index (χ0v) is 37.9. The highest BCUT2D eigenvalue weighted by Crippen LogP contribution is 2.42. The lowest BCUT2D eigenvalue weighted by atomic mass is 9.76. The SMILES string of the molecule is CCCCCC/C=C\COC(=O)CCCCCCCC(CCCCCCCC(=O)OC/C=C\CCCCCC)SSCC(C)(C)CC(C)(C)CN(C)C. The Hall–Kier alpha value is -0.920. The molecule has 0 aromatic heterocycles. The Morgan fingerprint density at radius 2 is 1.02 bits per heavy atom. The molecule has 312 valence electrons. The van der Waals surface area contributed by atoms with Gasteiger partial charge in [0.15, 0.2) is 0 Å². The van der Waals surface area contributed by atoms with Gasteiger partial charge in [0.25, 0.3) is 0 Å². The first-order valence-corrected chi connectivity index (χ1v) is 24.3. The number of hydrogen-bond donors (Lipinski definition) is 0. The summed E-state index contributed by atoms with van der Waals surface area (Å²) in [7, 11) is 8.59. The van der Waals surface area contributed by atoms with Crippen LogP contribution >= 0.6 is 21.6 Å². The van der Waals surface area contributed by atoms with Crippen molar-refractivity contribution in [2.24, 2.45) is 10.8 Å². The van der Waals surface area contributed by atoms with Crippen molar-refractivity contribution in [2.75, 3.05) is 39.6 Å². The summed E-state index contributed by atoms with van der Waals surface area (Å²) < 4.78 is 10.8. The molecule has 0 saturated carbocycles. The van der Waals surface area contributed by atoms with Gasteiger partial charge in [0.05, 0.1) is 0 Å². The lowest BCUT2D eigenvalue weighted by Gasteiger charge is -2.36. The summed E-state index contributed by atoms with van der Waals surface area (Å²) >= 11 is 0. The minimum Gasteiger partial charge on any atom is -0.461 e. The van der Waals surface area contributed by atoms with E-state index in [1.807, 2.05) is 12.2 Å². The molecule has 7 heteroatoms. The zero-order valence-electron chi connectivity index (χ0n) is 36.3. The Kier molecular flexibility index (Phi) is 34.9. The van der Waals surface area contributed by atoms with Gasteiger partial charge in [-0.25, -0.2) is 0 Å². The van der Waals surface area contributed by atoms with Gasteiger partial charge in [-0.05, 0) is 82.7 Å². The fourth-order valence-corrected chi connectivity index (χ4v) is 10.8. The van der Waals surface area contributed by atoms with Gasteiger partial charge in [0.2, 0.25) is 0 Å². The summed E-state index contributed by atoms with van der Waals surface area (Å²) in [5.74, 6) is 1.07. The standard InChI is InChI=1S/C46H87NO4S2/c1-9-11-13-15-17-25-31-37-50-43(48)35-29-23-19-21-27-33-42(53-52-41-46(5,6)39-45(3,4)40-47(7)8)34-28-22-20-24-30-36-44(49)51-38-32-26-18-16-14-12-10-2/h25-26,31-32,42H,9-24,27-30,33-41H2,1-8H3/b31-25-,32-26-. The summed E-state index contributed by atoms with van der Waals surface area (Å²) in [6.45, 7) is 16.1. The molecular weight excluding hydrogens is 695 g/mol. The predicted molar refractivity (Wildman–Crippen MR) is 237 cm³/mol. The van der Waals surface area contributed by atoms with Crippen LogP contribution in [-0.2, 0) is 19.1 Å². The maximum atomic E-state index is 12.1. The molecule has 5 nitrogen and oxygen atoms in total. The van der Waals surface area contributed by atoms with E-state index >= 15 is 0 Å². The molecule has 0 radical (unpaired) electrons. The molecule has 0 heterocycles. The number of allylic oxidation sites excluding steroid dienone is 2. The van der Waals surface area contributed by atoms with E-state index in [0.29, 0.717) is 42.1 Å². The predicted octanol–water partition coefficient (Wildman–Crippen LogP) is 14.3. The van der Waals surface area contributed by atoms with Crippen LogP contribution in [0.15, 0.2) is 24.3 Å². The molecule has 0 amide bonds. The van der Waals surface area contributed by atoms with Crippen LogP contribution in [0.5, 0.6) is 0 Å². The largest absolute Gasteiger partial charge is 0.461 e. The van der Waals surface area contributed by atoms with Gasteiger partial charge in [0.1, 0.15) is 13.2 Å². The number of hydrogen-bond acceptors (Lipinski definition) is 7. The molecule has 0 N–H and O–H groups in total. The van der Waals surface area contributed by atoms with Crippen molar-refractivity contribution >= 4 is 33.5 Å². The lowest BCUT2D eigenvalue weighted by molar-refractivity contribution is -0.143. The van der Waals surface area contributed by atoms with Gasteiger partial charge in [-0.3, -0.25) is 9.59 Å². The average molecular weight is 782 g/mol. The van der Waals surface area contributed by atoms with Crippen molar-refractivity contribution in [1.82, 2.24) is 4.90 Å². The minimum atomic E-state index is -0.0571. The highest BCUT2D eigenvalue weighted by atomic mass is 33.1. The van der Waals surface area contributed by atoms with Crippen LogP contribution < -0.4 is 0 Å². The number of esters is 2. The fraction of sp³-hybridized carbons (Fsp3) is 0.870. The number of carbonyl (C=O) groups excluding carboxylic acids is 2. The van der Waals surface area contributed by atoms with Crippen LogP contribution in [0.4, 0.5) is 0 Å². The van der Waals surface area contributed by atoms with Gasteiger partial charge in [-0.2, -0.15) is 0 Å². The van der Waals surface area contributed by atoms with Crippen molar-refractivity contribution in [3.05, 3.63) is 24.3 Å². The van der Waals surface area contributed by atoms with Crippen molar-refractivity contribution in [1.29, 1.82) is 0 Å². The molecule has 0 atom stereocenters. The summed E-state index contributed by atoms with van der Waals surface area (Å²) in [5.41, 5.74) is 0.611. The van der Waals surface area contributed by atoms with Crippen LogP contribution in [0.2, 0.25) is 0 Å². The van der Waals surface area contributed by atoms with Crippen molar-refractivity contribution in [3.63, 3.8) is 0 Å². The third-order valence-electron chi connectivity index (χ3n) is 9.63. The Morgan fingerprint density at radius 3 is 1.47 bits per heavy atom. The van der Waals surface area contributed by atoms with E-state index in [4.69, 9.17) is 9.47 Å². The van der Waals surface area contributed by atoms with Gasteiger partial charge < -0.3 is 14.4 Å². The first-order valence-electron chi connectivity index (χ1n) is 21.9. The first kappa shape index (κ1) is 52.1. The first-order chi connectivity index (χ1) is 25.4. The highest BCUT2D eigenvalue weighted by Gasteiger charge is 2.29.